The summed E-state index contributed by atoms with van der Waals surface area (Å²) in [7, 11) is 0. The average Bonchev–Trinajstić information content (AvgIpc) is 2.01. The van der Waals surface area contributed by atoms with E-state index < -0.39 is 0 Å². The lowest BCUT2D eigenvalue weighted by atomic mass is 9.77. The summed E-state index contributed by atoms with van der Waals surface area (Å²) < 4.78 is 0. The highest BCUT2D eigenvalue weighted by Crippen LogP contribution is 2.32. The molecule has 0 atom stereocenters. The van der Waals surface area contributed by atoms with Crippen LogP contribution in [0.5, 0.6) is 0 Å². The fourth-order valence-electron chi connectivity index (χ4n) is 1.69. The van der Waals surface area contributed by atoms with Gasteiger partial charge in [-0.2, -0.15) is 10.5 Å². The Kier molecular flexibility index (Phi) is 5.12. The van der Waals surface area contributed by atoms with E-state index in [0.717, 1.165) is 6.42 Å². The Labute approximate surface area is 90.2 Å². The van der Waals surface area contributed by atoms with E-state index in [-0.39, 0.29) is 11.2 Å². The summed E-state index contributed by atoms with van der Waals surface area (Å²) in [6.07, 6.45) is 6.36. The third kappa shape index (κ3) is 6.29. The van der Waals surface area contributed by atoms with Gasteiger partial charge in [0.2, 0.25) is 0 Å². The molecule has 0 radical (unpaired) electrons. The smallest absolute Gasteiger partial charge is 0.190 e. The number of rotatable bonds is 0. The highest BCUT2D eigenvalue weighted by Gasteiger charge is 2.25. The molecule has 1 rings (SSSR count). The van der Waals surface area contributed by atoms with Crippen LogP contribution in [0.25, 0.3) is 0 Å². The Hall–Kier alpha value is -1.81. The minimum absolute atomic E-state index is 0.204. The molecule has 15 heavy (non-hydrogen) atoms. The molecule has 1 aliphatic rings. The molecule has 0 fully saturated rings. The van der Waals surface area contributed by atoms with E-state index in [4.69, 9.17) is 10.5 Å². The van der Waals surface area contributed by atoms with Gasteiger partial charge in [-0.3, -0.25) is 4.79 Å². The molecule has 0 saturated heterocycles. The highest BCUT2D eigenvalue weighted by atomic mass is 16.1. The van der Waals surface area contributed by atoms with Crippen molar-refractivity contribution < 1.29 is 4.79 Å². The topological polar surface area (TPSA) is 76.7 Å². The maximum atomic E-state index is 11.0. The monoisotopic (exact) mass is 205 g/mol. The molecule has 4 heteroatoms. The predicted octanol–water partition coefficient (Wildman–Crippen LogP) is 1.86. The summed E-state index contributed by atoms with van der Waals surface area (Å²) >= 11 is 0. The molecule has 0 unspecified atom stereocenters. The summed E-state index contributed by atoms with van der Waals surface area (Å²) in [5, 5.41) is 16.7. The van der Waals surface area contributed by atoms with Gasteiger partial charge in [0.25, 0.3) is 0 Å². The maximum Gasteiger partial charge on any atom is 0.190 e. The number of allylic oxidation sites excluding steroid dienone is 2. The molecule has 0 spiro atoms. The molecule has 0 aromatic heterocycles. The first-order valence-electron chi connectivity index (χ1n) is 4.64. The lowest BCUT2D eigenvalue weighted by Gasteiger charge is -2.27. The van der Waals surface area contributed by atoms with Crippen molar-refractivity contribution in [2.75, 3.05) is 0 Å². The van der Waals surface area contributed by atoms with E-state index in [1.807, 2.05) is 6.92 Å². The Morgan fingerprint density at radius 1 is 1.33 bits per heavy atom. The van der Waals surface area contributed by atoms with Gasteiger partial charge in [0.1, 0.15) is 0 Å². The van der Waals surface area contributed by atoms with Crippen molar-refractivity contribution in [1.29, 1.82) is 10.5 Å². The van der Waals surface area contributed by atoms with E-state index in [1.165, 1.54) is 18.0 Å². The minimum Gasteiger partial charge on any atom is -0.295 e. The second kappa shape index (κ2) is 5.82. The molecule has 80 valence electrons. The van der Waals surface area contributed by atoms with Crippen LogP contribution in [0.1, 0.15) is 33.6 Å². The number of hydrogen-bond acceptors (Lipinski definition) is 4. The van der Waals surface area contributed by atoms with Crippen LogP contribution in [0.15, 0.2) is 11.6 Å². The van der Waals surface area contributed by atoms with Crippen molar-refractivity contribution in [2.24, 2.45) is 5.41 Å². The van der Waals surface area contributed by atoms with Crippen molar-refractivity contribution in [3.63, 3.8) is 0 Å². The molecule has 1 aliphatic carbocycles. The second-order valence-electron chi connectivity index (χ2n) is 4.32. The second-order valence-corrected chi connectivity index (χ2v) is 4.32. The number of carbonyl (C=O) groups is 1. The van der Waals surface area contributed by atoms with E-state index in [2.05, 4.69) is 13.8 Å². The zero-order valence-electron chi connectivity index (χ0n) is 9.29. The molecule has 0 saturated carbocycles. The predicted molar refractivity (Wildman–Crippen MR) is 56.1 cm³/mol. The summed E-state index contributed by atoms with van der Waals surface area (Å²) in [5.74, 6) is 0.286. The first-order valence-corrected chi connectivity index (χ1v) is 4.64. The number of nitrogens with one attached hydrogen (secondary N) is 1. The van der Waals surface area contributed by atoms with Crippen LogP contribution in [-0.4, -0.2) is 5.78 Å². The maximum absolute atomic E-state index is 11.0. The molecule has 1 N–H and O–H groups in total. The molecule has 0 bridgehead atoms. The average molecular weight is 205 g/mol. The van der Waals surface area contributed by atoms with E-state index in [9.17, 15) is 4.79 Å². The summed E-state index contributed by atoms with van der Waals surface area (Å²) in [4.78, 5) is 11.0. The van der Waals surface area contributed by atoms with Crippen LogP contribution < -0.4 is 5.32 Å². The molecule has 0 heterocycles. The van der Waals surface area contributed by atoms with Crippen molar-refractivity contribution in [3.8, 4) is 12.4 Å². The Morgan fingerprint density at radius 3 is 2.13 bits per heavy atom. The third-order valence-electron chi connectivity index (χ3n) is 1.93. The molecule has 0 amide bonds. The number of ketones is 1. The van der Waals surface area contributed by atoms with Gasteiger partial charge in [-0.15, -0.1) is 0 Å². The van der Waals surface area contributed by atoms with Crippen LogP contribution in [0, 0.1) is 28.3 Å². The zero-order chi connectivity index (χ0) is 11.9. The molecule has 0 aromatic carbocycles. The van der Waals surface area contributed by atoms with Crippen molar-refractivity contribution in [3.05, 3.63) is 11.6 Å². The molecule has 0 aliphatic heterocycles. The molecular weight excluding hydrogens is 190 g/mol. The van der Waals surface area contributed by atoms with Crippen molar-refractivity contribution >= 4 is 5.78 Å². The van der Waals surface area contributed by atoms with Crippen LogP contribution >= 0.6 is 0 Å². The largest absolute Gasteiger partial charge is 0.295 e. The fraction of sp³-hybridized carbons (Fsp3) is 0.545. The highest BCUT2D eigenvalue weighted by molar-refractivity contribution is 5.91. The van der Waals surface area contributed by atoms with Crippen LogP contribution in [-0.2, 0) is 4.79 Å². The van der Waals surface area contributed by atoms with E-state index in [1.54, 1.807) is 11.4 Å². The summed E-state index contributed by atoms with van der Waals surface area (Å²) in [5.41, 5.74) is 1.43. The molecule has 4 nitrogen and oxygen atoms in total. The third-order valence-corrected chi connectivity index (χ3v) is 1.93. The Bertz CT molecular complexity index is 330. The van der Waals surface area contributed by atoms with Gasteiger partial charge < -0.3 is 0 Å². The first-order chi connectivity index (χ1) is 6.91. The summed E-state index contributed by atoms with van der Waals surface area (Å²) in [6, 6.07) is 0. The first kappa shape index (κ1) is 13.2. The molecule has 0 aromatic rings. The quantitative estimate of drug-likeness (QED) is 0.483. The number of nitriles is 2. The Balaban J connectivity index is 0.000000336. The van der Waals surface area contributed by atoms with Crippen LogP contribution in [0.4, 0.5) is 0 Å². The number of carbonyl (C=O) groups excluding carboxylic acids is 1. The lowest BCUT2D eigenvalue weighted by Crippen LogP contribution is -2.20. The Morgan fingerprint density at radius 2 is 1.87 bits per heavy atom. The normalized spacial score (nSPS) is 17.4. The minimum atomic E-state index is 0.204. The van der Waals surface area contributed by atoms with Gasteiger partial charge in [0.15, 0.2) is 18.2 Å². The number of nitrogens with zero attached hydrogens (tertiary/aromatic N) is 2. The standard InChI is InChI=1S/C9H14O.C2HN3/c1-7-4-8(10)6-9(2,3)5-7;3-1-5-2-4/h4H,5-6H2,1-3H3;5H. The van der Waals surface area contributed by atoms with Gasteiger partial charge in [-0.05, 0) is 24.8 Å². The van der Waals surface area contributed by atoms with Gasteiger partial charge in [-0.1, -0.05) is 19.4 Å². The molecular formula is C11H15N3O. The van der Waals surface area contributed by atoms with Gasteiger partial charge >= 0.3 is 0 Å². The summed E-state index contributed by atoms with van der Waals surface area (Å²) in [6.45, 7) is 6.31. The van der Waals surface area contributed by atoms with Crippen LogP contribution in [0.3, 0.4) is 0 Å². The SMILES string of the molecule is CC1=CC(=O)CC(C)(C)C1.N#CNC#N. The van der Waals surface area contributed by atoms with E-state index in [0.29, 0.717) is 6.42 Å². The zero-order valence-corrected chi connectivity index (χ0v) is 9.29. The van der Waals surface area contributed by atoms with Gasteiger partial charge in [0.05, 0.1) is 0 Å². The van der Waals surface area contributed by atoms with E-state index >= 15 is 0 Å². The van der Waals surface area contributed by atoms with Gasteiger partial charge in [0, 0.05) is 6.42 Å². The lowest BCUT2D eigenvalue weighted by molar-refractivity contribution is -0.117. The van der Waals surface area contributed by atoms with Gasteiger partial charge in [-0.25, -0.2) is 5.32 Å². The number of hydrogen-bond donors (Lipinski definition) is 1. The fourth-order valence-corrected chi connectivity index (χ4v) is 1.69. The van der Waals surface area contributed by atoms with Crippen molar-refractivity contribution in [2.45, 2.75) is 33.6 Å². The van der Waals surface area contributed by atoms with Crippen LogP contribution in [0.2, 0.25) is 0 Å². The van der Waals surface area contributed by atoms with Crippen molar-refractivity contribution in [1.82, 2.24) is 5.32 Å².